The van der Waals surface area contributed by atoms with Gasteiger partial charge in [-0.2, -0.15) is 0 Å². The molecule has 0 amide bonds. The highest BCUT2D eigenvalue weighted by molar-refractivity contribution is 5.61. The molecule has 1 heterocycles. The molecule has 19 heavy (non-hydrogen) atoms. The molecule has 1 atom stereocenters. The molecular weight excluding hydrogens is 242 g/mol. The quantitative estimate of drug-likeness (QED) is 0.551. The summed E-state index contributed by atoms with van der Waals surface area (Å²) in [7, 11) is 0. The maximum atomic E-state index is 10.6. The Kier molecular flexibility index (Phi) is 6.93. The Balaban J connectivity index is 2.51. The summed E-state index contributed by atoms with van der Waals surface area (Å²) in [5.41, 5.74) is 0.875. The maximum Gasteiger partial charge on any atom is 0.512 e. The fraction of sp³-hybridized carbons (Fsp3) is 0.600. The van der Waals surface area contributed by atoms with Gasteiger partial charge in [0.1, 0.15) is 0 Å². The van der Waals surface area contributed by atoms with E-state index < -0.39 is 6.16 Å². The van der Waals surface area contributed by atoms with E-state index in [-0.39, 0.29) is 11.8 Å². The van der Waals surface area contributed by atoms with Gasteiger partial charge in [-0.25, -0.2) is 9.78 Å². The van der Waals surface area contributed by atoms with Gasteiger partial charge < -0.3 is 9.84 Å². The summed E-state index contributed by atoms with van der Waals surface area (Å²) in [6.07, 6.45) is 7.46. The van der Waals surface area contributed by atoms with Crippen molar-refractivity contribution in [3.63, 3.8) is 0 Å². The molecule has 4 heteroatoms. The SMILES string of the molecule is CCCCCCC[C@H](C)c1cccnc1OC(=O)O. The van der Waals surface area contributed by atoms with Crippen LogP contribution in [0, 0.1) is 0 Å². The number of nitrogens with zero attached hydrogens (tertiary/aromatic N) is 1. The van der Waals surface area contributed by atoms with Crippen LogP contribution in [-0.4, -0.2) is 16.2 Å². The molecule has 0 spiro atoms. The van der Waals surface area contributed by atoms with Crippen molar-refractivity contribution in [1.82, 2.24) is 4.98 Å². The van der Waals surface area contributed by atoms with E-state index in [1.165, 1.54) is 25.7 Å². The number of rotatable bonds is 8. The van der Waals surface area contributed by atoms with Gasteiger partial charge in [-0.1, -0.05) is 52.0 Å². The highest BCUT2D eigenvalue weighted by atomic mass is 16.7. The van der Waals surface area contributed by atoms with Gasteiger partial charge in [0.15, 0.2) is 0 Å². The third-order valence-corrected chi connectivity index (χ3v) is 3.26. The number of unbranched alkanes of at least 4 members (excludes halogenated alkanes) is 4. The Morgan fingerprint density at radius 2 is 2.11 bits per heavy atom. The van der Waals surface area contributed by atoms with Crippen molar-refractivity contribution >= 4 is 6.16 Å². The molecule has 0 radical (unpaired) electrons. The molecular formula is C15H23NO3. The first-order chi connectivity index (χ1) is 9.15. The van der Waals surface area contributed by atoms with Crippen molar-refractivity contribution in [3.05, 3.63) is 23.9 Å². The number of carbonyl (C=O) groups is 1. The number of hydrogen-bond acceptors (Lipinski definition) is 3. The zero-order valence-electron chi connectivity index (χ0n) is 11.8. The number of aromatic nitrogens is 1. The van der Waals surface area contributed by atoms with E-state index in [9.17, 15) is 4.79 Å². The molecule has 1 N–H and O–H groups in total. The van der Waals surface area contributed by atoms with Crippen LogP contribution in [0.3, 0.4) is 0 Å². The average Bonchev–Trinajstić information content (AvgIpc) is 2.38. The van der Waals surface area contributed by atoms with Crippen LogP contribution in [0.5, 0.6) is 5.88 Å². The van der Waals surface area contributed by atoms with Gasteiger partial charge in [-0.05, 0) is 18.4 Å². The molecule has 0 aliphatic heterocycles. The lowest BCUT2D eigenvalue weighted by Crippen LogP contribution is -2.08. The monoisotopic (exact) mass is 265 g/mol. The number of hydrogen-bond donors (Lipinski definition) is 1. The van der Waals surface area contributed by atoms with E-state index in [2.05, 4.69) is 18.8 Å². The summed E-state index contributed by atoms with van der Waals surface area (Å²) < 4.78 is 4.72. The molecule has 0 bridgehead atoms. The van der Waals surface area contributed by atoms with E-state index in [1.807, 2.05) is 12.1 Å². The lowest BCUT2D eigenvalue weighted by Gasteiger charge is -2.14. The molecule has 1 aromatic heterocycles. The highest BCUT2D eigenvalue weighted by Gasteiger charge is 2.14. The zero-order valence-corrected chi connectivity index (χ0v) is 11.8. The summed E-state index contributed by atoms with van der Waals surface area (Å²) in [5.74, 6) is 0.487. The van der Waals surface area contributed by atoms with Crippen molar-refractivity contribution in [2.45, 2.75) is 58.3 Å². The van der Waals surface area contributed by atoms with Gasteiger partial charge in [0.25, 0.3) is 0 Å². The molecule has 1 aromatic rings. The van der Waals surface area contributed by atoms with Gasteiger partial charge in [0.05, 0.1) is 0 Å². The lowest BCUT2D eigenvalue weighted by molar-refractivity contribution is 0.142. The Labute approximate surface area is 114 Å². The van der Waals surface area contributed by atoms with Crippen LogP contribution in [-0.2, 0) is 0 Å². The van der Waals surface area contributed by atoms with Gasteiger partial charge in [-0.15, -0.1) is 0 Å². The Morgan fingerprint density at radius 3 is 2.79 bits per heavy atom. The summed E-state index contributed by atoms with van der Waals surface area (Å²) in [4.78, 5) is 14.6. The molecule has 106 valence electrons. The van der Waals surface area contributed by atoms with Crippen molar-refractivity contribution < 1.29 is 14.6 Å². The first kappa shape index (κ1) is 15.5. The van der Waals surface area contributed by atoms with E-state index in [1.54, 1.807) is 6.20 Å². The van der Waals surface area contributed by atoms with Gasteiger partial charge in [0.2, 0.25) is 5.88 Å². The molecule has 0 saturated carbocycles. The number of ether oxygens (including phenoxy) is 1. The van der Waals surface area contributed by atoms with Gasteiger partial charge in [-0.3, -0.25) is 0 Å². The minimum Gasteiger partial charge on any atom is -0.449 e. The van der Waals surface area contributed by atoms with Crippen LogP contribution in [0.2, 0.25) is 0 Å². The minimum absolute atomic E-state index is 0.219. The normalized spacial score (nSPS) is 12.1. The Morgan fingerprint density at radius 1 is 1.37 bits per heavy atom. The fourth-order valence-electron chi connectivity index (χ4n) is 2.16. The van der Waals surface area contributed by atoms with Crippen LogP contribution in [0.1, 0.15) is 63.9 Å². The van der Waals surface area contributed by atoms with E-state index >= 15 is 0 Å². The molecule has 1 rings (SSSR count). The smallest absolute Gasteiger partial charge is 0.449 e. The molecule has 4 nitrogen and oxygen atoms in total. The van der Waals surface area contributed by atoms with Crippen LogP contribution >= 0.6 is 0 Å². The molecule has 0 unspecified atom stereocenters. The lowest BCUT2D eigenvalue weighted by atomic mass is 9.95. The molecule has 0 saturated heterocycles. The first-order valence-corrected chi connectivity index (χ1v) is 7.00. The highest BCUT2D eigenvalue weighted by Crippen LogP contribution is 2.28. The summed E-state index contributed by atoms with van der Waals surface area (Å²) in [6.45, 7) is 4.29. The molecule has 0 aromatic carbocycles. The molecule has 0 aliphatic carbocycles. The van der Waals surface area contributed by atoms with Crippen LogP contribution in [0.4, 0.5) is 4.79 Å². The fourth-order valence-corrected chi connectivity index (χ4v) is 2.16. The zero-order chi connectivity index (χ0) is 14.1. The second-order valence-electron chi connectivity index (χ2n) is 4.87. The Bertz CT molecular complexity index is 393. The van der Waals surface area contributed by atoms with Crippen molar-refractivity contribution in [2.75, 3.05) is 0 Å². The third kappa shape index (κ3) is 5.73. The van der Waals surface area contributed by atoms with Crippen molar-refractivity contribution in [1.29, 1.82) is 0 Å². The minimum atomic E-state index is -1.31. The summed E-state index contributed by atoms with van der Waals surface area (Å²) in [5, 5.41) is 8.68. The molecule has 0 fully saturated rings. The van der Waals surface area contributed by atoms with Crippen LogP contribution in [0.25, 0.3) is 0 Å². The number of pyridine rings is 1. The second-order valence-corrected chi connectivity index (χ2v) is 4.87. The largest absolute Gasteiger partial charge is 0.512 e. The van der Waals surface area contributed by atoms with Crippen LogP contribution < -0.4 is 4.74 Å². The van der Waals surface area contributed by atoms with Crippen LogP contribution in [0.15, 0.2) is 18.3 Å². The van der Waals surface area contributed by atoms with E-state index in [4.69, 9.17) is 9.84 Å². The van der Waals surface area contributed by atoms with Crippen molar-refractivity contribution in [3.8, 4) is 5.88 Å². The van der Waals surface area contributed by atoms with E-state index in [0.29, 0.717) is 0 Å². The topological polar surface area (TPSA) is 59.4 Å². The summed E-state index contributed by atoms with van der Waals surface area (Å²) in [6, 6.07) is 3.71. The average molecular weight is 265 g/mol. The predicted molar refractivity (Wildman–Crippen MR) is 74.7 cm³/mol. The van der Waals surface area contributed by atoms with Gasteiger partial charge >= 0.3 is 6.16 Å². The first-order valence-electron chi connectivity index (χ1n) is 7.00. The standard InChI is InChI=1S/C15H23NO3/c1-3-4-5-6-7-9-12(2)13-10-8-11-16-14(13)19-15(17)18/h8,10-12H,3-7,9H2,1-2H3,(H,17,18)/t12-/m0/s1. The maximum absolute atomic E-state index is 10.6. The third-order valence-electron chi connectivity index (χ3n) is 3.26. The number of carboxylic acid groups (broad SMARTS) is 1. The van der Waals surface area contributed by atoms with E-state index in [0.717, 1.165) is 18.4 Å². The van der Waals surface area contributed by atoms with Crippen molar-refractivity contribution in [2.24, 2.45) is 0 Å². The predicted octanol–water partition coefficient (Wildman–Crippen LogP) is 4.60. The van der Waals surface area contributed by atoms with Gasteiger partial charge in [0, 0.05) is 11.8 Å². The second kappa shape index (κ2) is 8.51. The Hall–Kier alpha value is -1.58. The molecule has 0 aliphatic rings. The summed E-state index contributed by atoms with van der Waals surface area (Å²) >= 11 is 0.